The lowest BCUT2D eigenvalue weighted by molar-refractivity contribution is -0.119. The molecule has 7 heteroatoms. The Labute approximate surface area is 170 Å². The molecular formula is C21H26N4O2S. The quantitative estimate of drug-likeness (QED) is 0.758. The fraction of sp³-hybridized carbons (Fsp3) is 0.381. The summed E-state index contributed by atoms with van der Waals surface area (Å²) in [6, 6.07) is 13.5. The van der Waals surface area contributed by atoms with E-state index in [0.717, 1.165) is 23.8 Å². The van der Waals surface area contributed by atoms with E-state index in [1.807, 2.05) is 61.2 Å². The number of pyridine rings is 1. The van der Waals surface area contributed by atoms with Crippen LogP contribution in [-0.2, 0) is 4.79 Å². The van der Waals surface area contributed by atoms with Gasteiger partial charge in [-0.2, -0.15) is 0 Å². The van der Waals surface area contributed by atoms with Crippen molar-refractivity contribution >= 4 is 29.4 Å². The van der Waals surface area contributed by atoms with Gasteiger partial charge in [0.15, 0.2) is 0 Å². The number of rotatable bonds is 6. The van der Waals surface area contributed by atoms with Crippen molar-refractivity contribution in [1.29, 1.82) is 0 Å². The van der Waals surface area contributed by atoms with Gasteiger partial charge in [-0.05, 0) is 38.1 Å². The second-order valence-electron chi connectivity index (χ2n) is 6.97. The molecule has 6 nitrogen and oxygen atoms in total. The first-order valence-electron chi connectivity index (χ1n) is 9.51. The number of carbonyl (C=O) groups is 2. The number of carbonyl (C=O) groups excluding carboxylic acids is 2. The molecule has 1 fully saturated rings. The molecular weight excluding hydrogens is 372 g/mol. The third kappa shape index (κ3) is 5.25. The normalized spacial score (nSPS) is 14.2. The summed E-state index contributed by atoms with van der Waals surface area (Å²) >= 11 is 1.41. The molecule has 0 saturated carbocycles. The summed E-state index contributed by atoms with van der Waals surface area (Å²) in [6.07, 6.45) is 1.79. The van der Waals surface area contributed by atoms with Gasteiger partial charge in [0.1, 0.15) is 5.82 Å². The molecule has 0 unspecified atom stereocenters. The van der Waals surface area contributed by atoms with Crippen LogP contribution in [0.3, 0.4) is 0 Å². The number of hydrogen-bond donors (Lipinski definition) is 1. The fourth-order valence-electron chi connectivity index (χ4n) is 3.13. The number of nitrogens with one attached hydrogen (secondary N) is 1. The van der Waals surface area contributed by atoms with Crippen molar-refractivity contribution in [3.8, 4) is 0 Å². The van der Waals surface area contributed by atoms with Gasteiger partial charge in [-0.25, -0.2) is 4.98 Å². The zero-order valence-electron chi connectivity index (χ0n) is 16.3. The van der Waals surface area contributed by atoms with Crippen LogP contribution in [0.15, 0.2) is 53.6 Å². The Hall–Kier alpha value is -2.54. The molecule has 148 valence electrons. The van der Waals surface area contributed by atoms with Gasteiger partial charge in [0.2, 0.25) is 5.91 Å². The minimum atomic E-state index is -0.0220. The van der Waals surface area contributed by atoms with Gasteiger partial charge in [0.25, 0.3) is 5.91 Å². The molecule has 0 spiro atoms. The predicted octanol–water partition coefficient (Wildman–Crippen LogP) is 2.66. The van der Waals surface area contributed by atoms with E-state index in [9.17, 15) is 9.59 Å². The topological polar surface area (TPSA) is 65.5 Å². The monoisotopic (exact) mass is 398 g/mol. The summed E-state index contributed by atoms with van der Waals surface area (Å²) in [4.78, 5) is 34.3. The van der Waals surface area contributed by atoms with E-state index < -0.39 is 0 Å². The molecule has 3 rings (SSSR count). The zero-order valence-corrected chi connectivity index (χ0v) is 17.1. The Morgan fingerprint density at radius 1 is 1.07 bits per heavy atom. The highest BCUT2D eigenvalue weighted by atomic mass is 32.2. The molecule has 0 aliphatic carbocycles. The van der Waals surface area contributed by atoms with Crippen molar-refractivity contribution in [2.45, 2.75) is 24.8 Å². The molecule has 1 N–H and O–H groups in total. The number of benzene rings is 1. The Bertz CT molecular complexity index is 805. The van der Waals surface area contributed by atoms with E-state index in [1.165, 1.54) is 11.8 Å². The largest absolute Gasteiger partial charge is 0.353 e. The number of anilines is 1. The van der Waals surface area contributed by atoms with E-state index in [2.05, 4.69) is 15.2 Å². The van der Waals surface area contributed by atoms with Crippen LogP contribution in [0.25, 0.3) is 0 Å². The Morgan fingerprint density at radius 2 is 1.79 bits per heavy atom. The van der Waals surface area contributed by atoms with Crippen LogP contribution in [0.2, 0.25) is 0 Å². The first kappa shape index (κ1) is 20.2. The van der Waals surface area contributed by atoms with Gasteiger partial charge < -0.3 is 15.1 Å². The molecule has 28 heavy (non-hydrogen) atoms. The van der Waals surface area contributed by atoms with Crippen molar-refractivity contribution in [3.05, 3.63) is 54.2 Å². The third-order valence-electron chi connectivity index (χ3n) is 4.47. The van der Waals surface area contributed by atoms with Crippen LogP contribution in [-0.4, -0.2) is 59.7 Å². The average molecular weight is 399 g/mol. The van der Waals surface area contributed by atoms with E-state index in [1.54, 1.807) is 6.20 Å². The molecule has 2 amide bonds. The van der Waals surface area contributed by atoms with Crippen LogP contribution >= 0.6 is 11.8 Å². The molecule has 0 bridgehead atoms. The molecule has 1 aliphatic rings. The van der Waals surface area contributed by atoms with Gasteiger partial charge in [0.05, 0.1) is 11.3 Å². The standard InChI is InChI=1S/C21H26N4O2S/c1-16(2)23-20(26)15-28-18-8-4-3-7-17(18)21(27)25-13-11-24(12-14-25)19-9-5-6-10-22-19/h3-10,16H,11-15H2,1-2H3,(H,23,26). The summed E-state index contributed by atoms with van der Waals surface area (Å²) in [5.74, 6) is 1.25. The number of piperazine rings is 1. The smallest absolute Gasteiger partial charge is 0.255 e. The maximum atomic E-state index is 13.1. The number of amides is 2. The van der Waals surface area contributed by atoms with E-state index in [0.29, 0.717) is 24.4 Å². The van der Waals surface area contributed by atoms with E-state index >= 15 is 0 Å². The SMILES string of the molecule is CC(C)NC(=O)CSc1ccccc1C(=O)N1CCN(c2ccccn2)CC1. The van der Waals surface area contributed by atoms with Crippen LogP contribution in [0, 0.1) is 0 Å². The van der Waals surface area contributed by atoms with Crippen LogP contribution in [0.4, 0.5) is 5.82 Å². The van der Waals surface area contributed by atoms with Crippen LogP contribution < -0.4 is 10.2 Å². The molecule has 1 aliphatic heterocycles. The Kier molecular flexibility index (Phi) is 6.92. The lowest BCUT2D eigenvalue weighted by Gasteiger charge is -2.35. The highest BCUT2D eigenvalue weighted by Crippen LogP contribution is 2.24. The molecule has 1 saturated heterocycles. The van der Waals surface area contributed by atoms with Gasteiger partial charge in [-0.1, -0.05) is 18.2 Å². The van der Waals surface area contributed by atoms with Crippen LogP contribution in [0.1, 0.15) is 24.2 Å². The summed E-state index contributed by atoms with van der Waals surface area (Å²) in [5.41, 5.74) is 0.663. The number of aromatic nitrogens is 1. The van der Waals surface area contributed by atoms with Crippen LogP contribution in [0.5, 0.6) is 0 Å². The second kappa shape index (κ2) is 9.59. The second-order valence-corrected chi connectivity index (χ2v) is 7.99. The summed E-state index contributed by atoms with van der Waals surface area (Å²) in [7, 11) is 0. The number of thioether (sulfide) groups is 1. The molecule has 1 aromatic heterocycles. The fourth-order valence-corrected chi connectivity index (χ4v) is 3.98. The van der Waals surface area contributed by atoms with Gasteiger partial charge in [-0.15, -0.1) is 11.8 Å². The molecule has 0 atom stereocenters. The maximum absolute atomic E-state index is 13.1. The number of nitrogens with zero attached hydrogens (tertiary/aromatic N) is 3. The highest BCUT2D eigenvalue weighted by Gasteiger charge is 2.24. The summed E-state index contributed by atoms with van der Waals surface area (Å²) < 4.78 is 0. The Balaban J connectivity index is 1.61. The van der Waals surface area contributed by atoms with Gasteiger partial charge >= 0.3 is 0 Å². The van der Waals surface area contributed by atoms with Crippen molar-refractivity contribution in [2.75, 3.05) is 36.8 Å². The molecule has 1 aromatic carbocycles. The first-order valence-corrected chi connectivity index (χ1v) is 10.5. The lowest BCUT2D eigenvalue weighted by atomic mass is 10.2. The predicted molar refractivity (Wildman–Crippen MR) is 113 cm³/mol. The average Bonchev–Trinajstić information content (AvgIpc) is 2.72. The Morgan fingerprint density at radius 3 is 2.46 bits per heavy atom. The van der Waals surface area contributed by atoms with E-state index in [-0.39, 0.29) is 17.9 Å². The number of hydrogen-bond acceptors (Lipinski definition) is 5. The molecule has 2 heterocycles. The van der Waals surface area contributed by atoms with Crippen molar-refractivity contribution in [3.63, 3.8) is 0 Å². The maximum Gasteiger partial charge on any atom is 0.255 e. The summed E-state index contributed by atoms with van der Waals surface area (Å²) in [6.45, 7) is 6.70. The third-order valence-corrected chi connectivity index (χ3v) is 5.54. The van der Waals surface area contributed by atoms with Crippen molar-refractivity contribution < 1.29 is 9.59 Å². The van der Waals surface area contributed by atoms with Gasteiger partial charge in [0, 0.05) is 43.3 Å². The zero-order chi connectivity index (χ0) is 19.9. The minimum Gasteiger partial charge on any atom is -0.353 e. The molecule has 2 aromatic rings. The molecule has 0 radical (unpaired) electrons. The van der Waals surface area contributed by atoms with Crippen molar-refractivity contribution in [1.82, 2.24) is 15.2 Å². The van der Waals surface area contributed by atoms with Gasteiger partial charge in [-0.3, -0.25) is 9.59 Å². The highest BCUT2D eigenvalue weighted by molar-refractivity contribution is 8.00. The first-order chi connectivity index (χ1) is 13.5. The van der Waals surface area contributed by atoms with E-state index in [4.69, 9.17) is 0 Å². The summed E-state index contributed by atoms with van der Waals surface area (Å²) in [5, 5.41) is 2.88. The van der Waals surface area contributed by atoms with Crippen molar-refractivity contribution in [2.24, 2.45) is 0 Å². The lowest BCUT2D eigenvalue weighted by Crippen LogP contribution is -2.49. The minimum absolute atomic E-state index is 0.0213.